The second-order valence-electron chi connectivity index (χ2n) is 14.5. The van der Waals surface area contributed by atoms with Crippen LogP contribution >= 0.6 is 0 Å². The molecule has 0 radical (unpaired) electrons. The van der Waals surface area contributed by atoms with Gasteiger partial charge in [-0.2, -0.15) is 13.2 Å². The maximum atomic E-state index is 14.9. The van der Waals surface area contributed by atoms with Crippen molar-refractivity contribution in [2.45, 2.75) is 110 Å². The number of hydrogen-bond donors (Lipinski definition) is 2. The Morgan fingerprint density at radius 2 is 1.74 bits per heavy atom. The average molecular weight is 659 g/mol. The first kappa shape index (κ1) is 36.5. The average Bonchev–Trinajstić information content (AvgIpc) is 3.29. The molecule has 1 fully saturated rings. The van der Waals surface area contributed by atoms with Gasteiger partial charge in [0, 0.05) is 30.1 Å². The Bertz CT molecular complexity index is 1520. The highest BCUT2D eigenvalue weighted by Crippen LogP contribution is 2.64. The van der Waals surface area contributed by atoms with E-state index < -0.39 is 34.9 Å². The number of methoxy groups -OCH3 is 2. The number of carbonyl (C=O) groups is 1. The van der Waals surface area contributed by atoms with Gasteiger partial charge in [-0.25, -0.2) is 4.79 Å². The smallest absolute Gasteiger partial charge is 0.432 e. The fourth-order valence-electron chi connectivity index (χ4n) is 7.75. The maximum absolute atomic E-state index is 14.9. The highest BCUT2D eigenvalue weighted by molar-refractivity contribution is 5.83. The molecule has 0 spiro atoms. The van der Waals surface area contributed by atoms with Crippen LogP contribution in [0.5, 0.6) is 11.5 Å². The highest BCUT2D eigenvalue weighted by Gasteiger charge is 2.66. The molecular weight excluding hydrogens is 609 g/mol. The van der Waals surface area contributed by atoms with Crippen LogP contribution in [-0.2, 0) is 26.3 Å². The Labute approximate surface area is 276 Å². The number of aromatic hydroxyl groups is 1. The minimum Gasteiger partial charge on any atom is -0.507 e. The van der Waals surface area contributed by atoms with Crippen molar-refractivity contribution in [3.8, 4) is 11.5 Å². The Morgan fingerprint density at radius 3 is 2.32 bits per heavy atom. The molecule has 4 rings (SSSR count). The number of esters is 1. The lowest BCUT2D eigenvalue weighted by Gasteiger charge is -2.52. The second-order valence-corrected chi connectivity index (χ2v) is 14.5. The fraction of sp³-hybridized carbons (Fsp3) is 0.553. The third-order valence-electron chi connectivity index (χ3n) is 10.5. The van der Waals surface area contributed by atoms with Gasteiger partial charge < -0.3 is 24.4 Å². The summed E-state index contributed by atoms with van der Waals surface area (Å²) < 4.78 is 61.4. The Morgan fingerprint density at radius 1 is 1.09 bits per heavy atom. The van der Waals surface area contributed by atoms with Crippen molar-refractivity contribution in [1.82, 2.24) is 0 Å². The highest BCUT2D eigenvalue weighted by atomic mass is 19.4. The predicted octanol–water partition coefficient (Wildman–Crippen LogP) is 8.66. The molecule has 2 aliphatic carbocycles. The van der Waals surface area contributed by atoms with E-state index in [1.807, 2.05) is 26.8 Å². The van der Waals surface area contributed by atoms with Crippen LogP contribution in [-0.4, -0.2) is 48.3 Å². The van der Waals surface area contributed by atoms with Gasteiger partial charge in [-0.15, -0.1) is 0 Å². The van der Waals surface area contributed by atoms with Gasteiger partial charge in [0.05, 0.1) is 12.7 Å². The molecule has 2 N–H and O–H groups in total. The number of allylic oxidation sites excluding steroid dienone is 3. The van der Waals surface area contributed by atoms with Crippen molar-refractivity contribution < 1.29 is 42.4 Å². The normalized spacial score (nSPS) is 24.9. The number of alkyl halides is 3. The minimum atomic E-state index is -5.11. The van der Waals surface area contributed by atoms with Gasteiger partial charge in [-0.3, -0.25) is 0 Å². The first-order chi connectivity index (χ1) is 21.8. The van der Waals surface area contributed by atoms with E-state index in [0.29, 0.717) is 48.1 Å². The molecule has 0 aliphatic heterocycles. The topological polar surface area (TPSA) is 85.2 Å². The molecule has 0 heterocycles. The van der Waals surface area contributed by atoms with E-state index in [1.54, 1.807) is 39.2 Å². The molecule has 2 aliphatic rings. The van der Waals surface area contributed by atoms with Gasteiger partial charge in [-0.1, -0.05) is 67.8 Å². The third-order valence-corrected chi connectivity index (χ3v) is 10.5. The number of phenols is 1. The number of ether oxygens (including phenoxy) is 3. The quantitative estimate of drug-likeness (QED) is 0.186. The molecule has 2 aromatic carbocycles. The van der Waals surface area contributed by atoms with Crippen LogP contribution in [0, 0.1) is 17.8 Å². The molecule has 2 aromatic rings. The second kappa shape index (κ2) is 13.3. The van der Waals surface area contributed by atoms with Crippen LogP contribution in [0.25, 0.3) is 0 Å². The Kier molecular flexibility index (Phi) is 10.3. The molecule has 4 atom stereocenters. The first-order valence-corrected chi connectivity index (χ1v) is 16.2. The van der Waals surface area contributed by atoms with Crippen molar-refractivity contribution in [1.29, 1.82) is 0 Å². The van der Waals surface area contributed by atoms with Crippen LogP contribution in [0.4, 0.5) is 13.2 Å². The van der Waals surface area contributed by atoms with Gasteiger partial charge in [0.2, 0.25) is 0 Å². The summed E-state index contributed by atoms with van der Waals surface area (Å²) in [6.07, 6.45) is -0.105. The number of carbonyl (C=O) groups excluding carboxylic acids is 1. The Balaban J connectivity index is 1.81. The summed E-state index contributed by atoms with van der Waals surface area (Å²) in [5.41, 5.74) is -1.96. The molecule has 1 saturated carbocycles. The van der Waals surface area contributed by atoms with Crippen molar-refractivity contribution >= 4 is 5.97 Å². The summed E-state index contributed by atoms with van der Waals surface area (Å²) in [4.78, 5) is 14.1. The van der Waals surface area contributed by atoms with E-state index in [-0.39, 0.29) is 23.1 Å². The number of hydrogen-bond acceptors (Lipinski definition) is 6. The van der Waals surface area contributed by atoms with Crippen LogP contribution in [0.2, 0.25) is 0 Å². The largest absolute Gasteiger partial charge is 0.507 e. The summed E-state index contributed by atoms with van der Waals surface area (Å²) in [5, 5.41) is 21.8. The van der Waals surface area contributed by atoms with E-state index in [2.05, 4.69) is 6.92 Å². The van der Waals surface area contributed by atoms with E-state index in [1.165, 1.54) is 24.3 Å². The van der Waals surface area contributed by atoms with Crippen LogP contribution < -0.4 is 4.74 Å². The number of benzene rings is 2. The summed E-state index contributed by atoms with van der Waals surface area (Å²) in [6.45, 7) is 11.2. The number of aliphatic hydroxyl groups is 1. The molecule has 0 saturated heterocycles. The molecule has 0 bridgehead atoms. The number of rotatable bonds is 11. The van der Waals surface area contributed by atoms with Crippen molar-refractivity contribution in [3.05, 3.63) is 82.0 Å². The predicted molar refractivity (Wildman–Crippen MR) is 175 cm³/mol. The monoisotopic (exact) mass is 658 g/mol. The number of phenolic OH excluding ortho intramolecular Hbond substituents is 1. The van der Waals surface area contributed by atoms with E-state index in [9.17, 15) is 28.2 Å². The summed E-state index contributed by atoms with van der Waals surface area (Å²) in [7, 11) is 2.45. The van der Waals surface area contributed by atoms with Crippen molar-refractivity contribution in [2.75, 3.05) is 14.2 Å². The van der Waals surface area contributed by atoms with Gasteiger partial charge in [0.25, 0.3) is 5.60 Å². The van der Waals surface area contributed by atoms with E-state index in [4.69, 9.17) is 14.2 Å². The lowest BCUT2D eigenvalue weighted by Crippen LogP contribution is -2.56. The molecule has 47 heavy (non-hydrogen) atoms. The zero-order chi connectivity index (χ0) is 35.0. The zero-order valence-corrected chi connectivity index (χ0v) is 28.8. The molecule has 6 nitrogen and oxygen atoms in total. The molecule has 0 amide bonds. The van der Waals surface area contributed by atoms with Gasteiger partial charge >= 0.3 is 12.1 Å². The van der Waals surface area contributed by atoms with Gasteiger partial charge in [-0.05, 0) is 88.5 Å². The standard InChI is InChI=1S/C38H49F3O6/c1-24(15-16-26-21-29(45-7)20-25(2)31(26)42)19-27-22-35(5)17-12-18-36(35,6)32(30(27)23-34(3,4)44)47-33(43)37(46-8,38(39,40)41)28-13-10-9-11-14-28/h9-11,13-15,20-21,32,42,44H,12,16-19,22-23H2,1-8H3/b24-15+/t32-,35-,36-,37+/m1/s1. The Hall–Kier alpha value is -3.30. The maximum Gasteiger partial charge on any atom is 0.432 e. The van der Waals surface area contributed by atoms with Crippen LogP contribution in [0.1, 0.15) is 89.8 Å². The van der Waals surface area contributed by atoms with Gasteiger partial charge in [0.1, 0.15) is 17.6 Å². The lowest BCUT2D eigenvalue weighted by molar-refractivity contribution is -0.280. The summed E-state index contributed by atoms with van der Waals surface area (Å²) >= 11 is 0. The summed E-state index contributed by atoms with van der Waals surface area (Å²) in [5.74, 6) is -0.687. The lowest BCUT2D eigenvalue weighted by atomic mass is 9.55. The molecular formula is C38H49F3O6. The van der Waals surface area contributed by atoms with E-state index >= 15 is 0 Å². The minimum absolute atomic E-state index is 0.117. The molecule has 9 heteroatoms. The number of fused-ring (bicyclic) bond motifs is 1. The SMILES string of the molecule is COc1cc(C)c(O)c(C/C=C(\C)CC2=C(CC(C)(C)O)[C@@H](OC(=O)[C@@](OC)(c3ccccc3)C(F)(F)F)[C@@]3(C)CCC[C@]3(C)C2)c1. The molecule has 0 aromatic heterocycles. The van der Waals surface area contributed by atoms with Crippen molar-refractivity contribution in [2.24, 2.45) is 10.8 Å². The summed E-state index contributed by atoms with van der Waals surface area (Å²) in [6, 6.07) is 10.4. The number of aryl methyl sites for hydroxylation is 1. The van der Waals surface area contributed by atoms with Crippen LogP contribution in [0.15, 0.2) is 65.3 Å². The fourth-order valence-corrected chi connectivity index (χ4v) is 7.75. The first-order valence-electron chi connectivity index (χ1n) is 16.2. The third kappa shape index (κ3) is 6.98. The van der Waals surface area contributed by atoms with Gasteiger partial charge in [0.15, 0.2) is 0 Å². The zero-order valence-electron chi connectivity index (χ0n) is 28.8. The van der Waals surface area contributed by atoms with E-state index in [0.717, 1.165) is 31.1 Å². The molecule has 0 unspecified atom stereocenters. The van der Waals surface area contributed by atoms with Crippen molar-refractivity contribution in [3.63, 3.8) is 0 Å². The van der Waals surface area contributed by atoms with Crippen LogP contribution in [0.3, 0.4) is 0 Å². The molecule has 258 valence electrons. The number of halogens is 3.